The van der Waals surface area contributed by atoms with Gasteiger partial charge < -0.3 is 36.9 Å². The first kappa shape index (κ1) is 28.1. The number of carbonyl (C=O) groups is 4. The predicted octanol–water partition coefficient (Wildman–Crippen LogP) is -0.457. The number of fused-ring (bicyclic) bond motifs is 1. The Hall–Kier alpha value is -3.09. The topological polar surface area (TPSA) is 187 Å². The minimum absolute atomic E-state index is 0.0256. The number of aliphatic hydroxyl groups excluding tert-OH is 1. The van der Waals surface area contributed by atoms with Crippen LogP contribution in [0.2, 0.25) is 0 Å². The molecule has 1 aromatic carbocycles. The Morgan fingerprint density at radius 1 is 1.00 bits per heavy atom. The molecular formula is C23H33N5O6S. The zero-order valence-electron chi connectivity index (χ0n) is 19.8. The van der Waals surface area contributed by atoms with E-state index in [0.29, 0.717) is 0 Å². The monoisotopic (exact) mass is 507 g/mol. The number of aromatic nitrogens is 1. The molecule has 0 spiro atoms. The number of nitrogens with one attached hydrogen (secondary N) is 4. The second-order valence-corrected chi connectivity index (χ2v) is 9.07. The summed E-state index contributed by atoms with van der Waals surface area (Å²) >= 11 is 3.94. The maximum atomic E-state index is 13.0. The number of hydrogen-bond acceptors (Lipinski definition) is 7. The van der Waals surface area contributed by atoms with Crippen LogP contribution in [0.3, 0.4) is 0 Å². The number of rotatable bonds is 12. The third kappa shape index (κ3) is 7.44. The van der Waals surface area contributed by atoms with E-state index in [0.717, 1.165) is 16.5 Å². The second-order valence-electron chi connectivity index (χ2n) is 8.71. The molecule has 3 amide bonds. The van der Waals surface area contributed by atoms with Crippen LogP contribution in [0.15, 0.2) is 30.5 Å². The highest BCUT2D eigenvalue weighted by Crippen LogP contribution is 2.19. The van der Waals surface area contributed by atoms with Crippen LogP contribution in [-0.4, -0.2) is 74.9 Å². The van der Waals surface area contributed by atoms with Crippen molar-refractivity contribution in [2.24, 2.45) is 11.7 Å². The summed E-state index contributed by atoms with van der Waals surface area (Å²) in [6.07, 6.45) is 0.438. The molecule has 2 aromatic rings. The number of thiol groups is 1. The van der Waals surface area contributed by atoms with E-state index >= 15 is 0 Å². The van der Waals surface area contributed by atoms with Crippen LogP contribution in [0.1, 0.15) is 26.3 Å². The number of carbonyl (C=O) groups excluding carboxylic acids is 3. The molecule has 0 aliphatic heterocycles. The maximum absolute atomic E-state index is 13.0. The van der Waals surface area contributed by atoms with Gasteiger partial charge in [0.05, 0.1) is 12.1 Å². The second kappa shape index (κ2) is 12.6. The quantitative estimate of drug-likeness (QED) is 0.179. The van der Waals surface area contributed by atoms with Crippen molar-refractivity contribution in [1.82, 2.24) is 20.9 Å². The fourth-order valence-corrected chi connectivity index (χ4v) is 3.67. The molecule has 12 heteroatoms. The van der Waals surface area contributed by atoms with E-state index in [1.54, 1.807) is 20.0 Å². The summed E-state index contributed by atoms with van der Waals surface area (Å²) in [5.74, 6) is -3.82. The van der Waals surface area contributed by atoms with E-state index < -0.39 is 59.9 Å². The minimum Gasteiger partial charge on any atom is -0.480 e. The van der Waals surface area contributed by atoms with Gasteiger partial charge in [0.25, 0.3) is 0 Å². The summed E-state index contributed by atoms with van der Waals surface area (Å²) in [5, 5.41) is 27.9. The molecule has 0 aliphatic carbocycles. The van der Waals surface area contributed by atoms with Crippen molar-refractivity contribution in [2.45, 2.75) is 57.5 Å². The number of hydrogen-bond donors (Lipinski definition) is 8. The molecule has 35 heavy (non-hydrogen) atoms. The van der Waals surface area contributed by atoms with E-state index in [1.807, 2.05) is 24.3 Å². The third-order valence-electron chi connectivity index (χ3n) is 5.56. The Morgan fingerprint density at radius 3 is 2.17 bits per heavy atom. The van der Waals surface area contributed by atoms with Gasteiger partial charge >= 0.3 is 5.97 Å². The summed E-state index contributed by atoms with van der Waals surface area (Å²) in [6.45, 7) is 4.66. The Bertz CT molecular complexity index is 1060. The zero-order valence-corrected chi connectivity index (χ0v) is 20.7. The molecule has 2 rings (SSSR count). The van der Waals surface area contributed by atoms with Crippen molar-refractivity contribution >= 4 is 47.2 Å². The summed E-state index contributed by atoms with van der Waals surface area (Å²) in [5.41, 5.74) is 7.17. The van der Waals surface area contributed by atoms with E-state index in [4.69, 9.17) is 5.73 Å². The summed E-state index contributed by atoms with van der Waals surface area (Å²) in [4.78, 5) is 52.9. The number of carboxylic acid groups (broad SMARTS) is 1. The van der Waals surface area contributed by atoms with Crippen LogP contribution >= 0.6 is 12.6 Å². The van der Waals surface area contributed by atoms with Crippen LogP contribution in [0.25, 0.3) is 10.9 Å². The fourth-order valence-electron chi connectivity index (χ4n) is 3.51. The van der Waals surface area contributed by atoms with Crippen molar-refractivity contribution in [2.75, 3.05) is 5.75 Å². The van der Waals surface area contributed by atoms with Gasteiger partial charge in [0.1, 0.15) is 18.1 Å². The minimum atomic E-state index is -1.37. The summed E-state index contributed by atoms with van der Waals surface area (Å²) in [6, 6.07) is 2.66. The molecule has 11 nitrogen and oxygen atoms in total. The fraction of sp³-hybridized carbons (Fsp3) is 0.478. The van der Waals surface area contributed by atoms with E-state index in [9.17, 15) is 29.4 Å². The predicted molar refractivity (Wildman–Crippen MR) is 134 cm³/mol. The van der Waals surface area contributed by atoms with Crippen molar-refractivity contribution in [3.63, 3.8) is 0 Å². The normalized spacial score (nSPS) is 15.6. The first-order valence-corrected chi connectivity index (χ1v) is 11.8. The smallest absolute Gasteiger partial charge is 0.326 e. The average Bonchev–Trinajstić information content (AvgIpc) is 3.21. The van der Waals surface area contributed by atoms with Gasteiger partial charge in [0, 0.05) is 29.3 Å². The number of H-pyrrole nitrogens is 1. The first-order chi connectivity index (χ1) is 16.5. The molecule has 0 saturated carbocycles. The standard InChI is InChI=1S/C23H33N5O6S/c1-11(2)18(27-22(32)19(12(3)29)28-20(30)15(24)10-35)21(31)26-17(23(33)34)8-13-9-25-16-7-5-4-6-14(13)16/h4-7,9,11-12,15,17-19,25,29,35H,8,10,24H2,1-3H3,(H,26,31)(H,27,32)(H,28,30)(H,33,34). The lowest BCUT2D eigenvalue weighted by atomic mass is 10.00. The molecule has 1 aromatic heterocycles. The molecule has 0 bridgehead atoms. The number of aromatic amines is 1. The molecule has 192 valence electrons. The van der Waals surface area contributed by atoms with Crippen LogP contribution in [0.4, 0.5) is 0 Å². The Balaban J connectivity index is 2.15. The van der Waals surface area contributed by atoms with Gasteiger partial charge in [-0.3, -0.25) is 14.4 Å². The van der Waals surface area contributed by atoms with Crippen LogP contribution < -0.4 is 21.7 Å². The number of amides is 3. The molecule has 0 fully saturated rings. The van der Waals surface area contributed by atoms with Gasteiger partial charge in [0.2, 0.25) is 17.7 Å². The Labute approximate surface area is 208 Å². The first-order valence-electron chi connectivity index (χ1n) is 11.2. The molecule has 5 unspecified atom stereocenters. The number of carboxylic acids is 1. The molecule has 0 aliphatic rings. The zero-order chi connectivity index (χ0) is 26.3. The van der Waals surface area contributed by atoms with Crippen molar-refractivity contribution in [1.29, 1.82) is 0 Å². The molecule has 0 saturated heterocycles. The van der Waals surface area contributed by atoms with Gasteiger partial charge in [-0.25, -0.2) is 4.79 Å². The van der Waals surface area contributed by atoms with Crippen molar-refractivity contribution in [3.8, 4) is 0 Å². The maximum Gasteiger partial charge on any atom is 0.326 e. The third-order valence-corrected chi connectivity index (χ3v) is 5.95. The van der Waals surface area contributed by atoms with Gasteiger partial charge in [-0.1, -0.05) is 32.0 Å². The molecule has 8 N–H and O–H groups in total. The van der Waals surface area contributed by atoms with Crippen LogP contribution in [-0.2, 0) is 25.6 Å². The number of para-hydroxylation sites is 1. The van der Waals surface area contributed by atoms with Crippen molar-refractivity contribution < 1.29 is 29.4 Å². The molecule has 0 radical (unpaired) electrons. The number of nitrogens with two attached hydrogens (primary N) is 1. The van der Waals surface area contributed by atoms with Gasteiger partial charge in [-0.15, -0.1) is 0 Å². The van der Waals surface area contributed by atoms with Crippen LogP contribution in [0.5, 0.6) is 0 Å². The molecule has 5 atom stereocenters. The Kier molecular flexibility index (Phi) is 10.1. The number of benzene rings is 1. The van der Waals surface area contributed by atoms with Gasteiger partial charge in [0.15, 0.2) is 0 Å². The molecular weight excluding hydrogens is 474 g/mol. The highest BCUT2D eigenvalue weighted by Gasteiger charge is 2.33. The van der Waals surface area contributed by atoms with Crippen LogP contribution in [0, 0.1) is 5.92 Å². The lowest BCUT2D eigenvalue weighted by Gasteiger charge is -2.28. The number of aliphatic carboxylic acids is 1. The van der Waals surface area contributed by atoms with E-state index in [2.05, 4.69) is 33.6 Å². The SMILES string of the molecule is CC(C)C(NC(=O)C(NC(=O)C(N)CS)C(C)O)C(=O)NC(Cc1c[nH]c2ccccc12)C(=O)O. The van der Waals surface area contributed by atoms with E-state index in [-0.39, 0.29) is 12.2 Å². The number of aliphatic hydroxyl groups is 1. The largest absolute Gasteiger partial charge is 0.480 e. The summed E-state index contributed by atoms with van der Waals surface area (Å²) in [7, 11) is 0. The highest BCUT2D eigenvalue weighted by molar-refractivity contribution is 7.80. The average molecular weight is 508 g/mol. The highest BCUT2D eigenvalue weighted by atomic mass is 32.1. The summed E-state index contributed by atoms with van der Waals surface area (Å²) < 4.78 is 0. The lowest BCUT2D eigenvalue weighted by molar-refractivity contribution is -0.142. The van der Waals surface area contributed by atoms with Gasteiger partial charge in [-0.05, 0) is 24.5 Å². The lowest BCUT2D eigenvalue weighted by Crippen LogP contribution is -2.61. The van der Waals surface area contributed by atoms with Gasteiger partial charge in [-0.2, -0.15) is 12.6 Å². The molecule has 1 heterocycles. The van der Waals surface area contributed by atoms with E-state index in [1.165, 1.54) is 6.92 Å². The Morgan fingerprint density at radius 2 is 1.60 bits per heavy atom. The van der Waals surface area contributed by atoms with Crippen molar-refractivity contribution in [3.05, 3.63) is 36.0 Å².